The van der Waals surface area contributed by atoms with Gasteiger partial charge < -0.3 is 14.8 Å². The zero-order chi connectivity index (χ0) is 21.8. The Morgan fingerprint density at radius 3 is 2.61 bits per heavy atom. The summed E-state index contributed by atoms with van der Waals surface area (Å²) in [5, 5.41) is 2.09. The van der Waals surface area contributed by atoms with E-state index in [4.69, 9.17) is 0 Å². The summed E-state index contributed by atoms with van der Waals surface area (Å²) in [6.45, 7) is 5.49. The van der Waals surface area contributed by atoms with Crippen molar-refractivity contribution >= 4 is 33.6 Å². The molecule has 1 aliphatic rings. The Labute approximate surface area is 183 Å². The number of piperazine rings is 1. The molecule has 1 amide bonds. The lowest BCUT2D eigenvalue weighted by molar-refractivity contribution is -0.132. The summed E-state index contributed by atoms with van der Waals surface area (Å²) in [4.78, 5) is 37.3. The van der Waals surface area contributed by atoms with Crippen molar-refractivity contribution in [3.05, 3.63) is 41.6 Å². The van der Waals surface area contributed by atoms with Crippen LogP contribution in [-0.4, -0.2) is 64.7 Å². The molecule has 0 spiro atoms. The average molecular weight is 421 g/mol. The predicted octanol–water partition coefficient (Wildman–Crippen LogP) is 4.19. The van der Waals surface area contributed by atoms with E-state index in [-0.39, 0.29) is 24.5 Å². The number of aromatic amines is 1. The predicted molar refractivity (Wildman–Crippen MR) is 124 cm³/mol. The van der Waals surface area contributed by atoms with Crippen molar-refractivity contribution in [1.82, 2.24) is 19.8 Å². The second-order valence-electron chi connectivity index (χ2n) is 8.69. The Kier molecular flexibility index (Phi) is 6.66. The van der Waals surface area contributed by atoms with Crippen LogP contribution in [0.2, 0.25) is 0 Å². The van der Waals surface area contributed by atoms with Crippen LogP contribution in [0.5, 0.6) is 0 Å². The molecule has 1 saturated heterocycles. The summed E-state index contributed by atoms with van der Waals surface area (Å²) < 4.78 is 0. The Balaban J connectivity index is 1.46. The quantitative estimate of drug-likeness (QED) is 0.438. The number of hydrogen-bond acceptors (Lipinski definition) is 4. The summed E-state index contributed by atoms with van der Waals surface area (Å²) in [6.07, 6.45) is 7.08. The molecule has 0 aliphatic carbocycles. The second kappa shape index (κ2) is 9.60. The molecule has 31 heavy (non-hydrogen) atoms. The first kappa shape index (κ1) is 21.5. The van der Waals surface area contributed by atoms with E-state index in [0.29, 0.717) is 5.56 Å². The summed E-state index contributed by atoms with van der Waals surface area (Å²) in [5.41, 5.74) is 3.73. The van der Waals surface area contributed by atoms with E-state index in [1.165, 1.54) is 18.4 Å². The number of aryl methyl sites for hydroxylation is 1. The number of likely N-dealkylation sites (N-methyl/N-ethyl adjacent to an activating group) is 1. The van der Waals surface area contributed by atoms with Crippen molar-refractivity contribution in [3.63, 3.8) is 0 Å². The van der Waals surface area contributed by atoms with Crippen molar-refractivity contribution < 1.29 is 9.59 Å². The molecule has 164 valence electrons. The van der Waals surface area contributed by atoms with Crippen LogP contribution in [0, 0.1) is 0 Å². The fourth-order valence-electron chi connectivity index (χ4n) is 4.28. The van der Waals surface area contributed by atoms with Crippen molar-refractivity contribution in [3.8, 4) is 0 Å². The number of amides is 1. The van der Waals surface area contributed by atoms with Crippen LogP contribution in [0.4, 0.5) is 0 Å². The summed E-state index contributed by atoms with van der Waals surface area (Å²) in [5.74, 6) is 0.0985. The van der Waals surface area contributed by atoms with Gasteiger partial charge in [-0.15, -0.1) is 0 Å². The van der Waals surface area contributed by atoms with Crippen LogP contribution in [0.3, 0.4) is 0 Å². The number of carbonyl (C=O) groups is 2. The lowest BCUT2D eigenvalue weighted by Gasteiger charge is -2.32. The van der Waals surface area contributed by atoms with E-state index in [2.05, 4.69) is 34.9 Å². The first-order valence-electron chi connectivity index (χ1n) is 11.4. The highest BCUT2D eigenvalue weighted by molar-refractivity contribution is 6.09. The first-order chi connectivity index (χ1) is 15.0. The molecule has 1 aliphatic heterocycles. The number of unbranched alkanes of at least 4 members (excludes halogenated alkanes) is 2. The Morgan fingerprint density at radius 1 is 1.03 bits per heavy atom. The van der Waals surface area contributed by atoms with Crippen LogP contribution < -0.4 is 0 Å². The third-order valence-corrected chi connectivity index (χ3v) is 6.32. The standard InChI is InChI=1S/C25H32N4O2/c1-3-4-5-6-18-15-21-20-16-19(7-8-22(20)27-25(21)26-17-18)23(30)9-10-24(31)29-13-11-28(2)12-14-29/h7-8,15-17H,3-6,9-14H2,1-2H3,(H,26,27). The lowest BCUT2D eigenvalue weighted by Crippen LogP contribution is -2.47. The van der Waals surface area contributed by atoms with E-state index in [1.807, 2.05) is 29.3 Å². The number of nitrogens with one attached hydrogen (secondary N) is 1. The van der Waals surface area contributed by atoms with Gasteiger partial charge in [0.05, 0.1) is 0 Å². The van der Waals surface area contributed by atoms with Crippen LogP contribution >= 0.6 is 0 Å². The van der Waals surface area contributed by atoms with Gasteiger partial charge in [0.15, 0.2) is 5.78 Å². The molecule has 0 bridgehead atoms. The highest BCUT2D eigenvalue weighted by Crippen LogP contribution is 2.27. The van der Waals surface area contributed by atoms with E-state index in [0.717, 1.165) is 61.0 Å². The van der Waals surface area contributed by atoms with Gasteiger partial charge in [-0.2, -0.15) is 0 Å². The zero-order valence-electron chi connectivity index (χ0n) is 18.6. The van der Waals surface area contributed by atoms with E-state index in [9.17, 15) is 9.59 Å². The maximum atomic E-state index is 12.8. The number of benzene rings is 1. The maximum absolute atomic E-state index is 12.8. The molecule has 2 aromatic heterocycles. The lowest BCUT2D eigenvalue weighted by atomic mass is 10.0. The number of hydrogen-bond donors (Lipinski definition) is 1. The topological polar surface area (TPSA) is 69.3 Å². The normalized spacial score (nSPS) is 15.1. The van der Waals surface area contributed by atoms with Crippen molar-refractivity contribution in [2.45, 2.75) is 45.4 Å². The molecule has 1 aromatic carbocycles. The van der Waals surface area contributed by atoms with Crippen molar-refractivity contribution in [1.29, 1.82) is 0 Å². The third-order valence-electron chi connectivity index (χ3n) is 6.32. The van der Waals surface area contributed by atoms with Crippen LogP contribution in [0.25, 0.3) is 21.9 Å². The van der Waals surface area contributed by atoms with Gasteiger partial charge in [0.2, 0.25) is 5.91 Å². The number of nitrogens with zero attached hydrogens (tertiary/aromatic N) is 3. The molecular weight excluding hydrogens is 388 g/mol. The Morgan fingerprint density at radius 2 is 1.84 bits per heavy atom. The van der Waals surface area contributed by atoms with Crippen LogP contribution in [0.1, 0.15) is 54.9 Å². The van der Waals surface area contributed by atoms with Crippen molar-refractivity contribution in [2.24, 2.45) is 0 Å². The molecular formula is C25H32N4O2. The molecule has 6 nitrogen and oxygen atoms in total. The van der Waals surface area contributed by atoms with Gasteiger partial charge in [-0.1, -0.05) is 19.8 Å². The third kappa shape index (κ3) is 4.96. The second-order valence-corrected chi connectivity index (χ2v) is 8.69. The Hall–Kier alpha value is -2.73. The number of aromatic nitrogens is 2. The van der Waals surface area contributed by atoms with Gasteiger partial charge in [0.1, 0.15) is 5.65 Å². The number of ketones is 1. The number of Topliss-reactive ketones (excluding diaryl/α,β-unsaturated/α-hetero) is 1. The smallest absolute Gasteiger partial charge is 0.223 e. The molecule has 3 heterocycles. The fraction of sp³-hybridized carbons (Fsp3) is 0.480. The highest BCUT2D eigenvalue weighted by Gasteiger charge is 2.20. The van der Waals surface area contributed by atoms with Gasteiger partial charge in [0.25, 0.3) is 0 Å². The highest BCUT2D eigenvalue weighted by atomic mass is 16.2. The number of carbonyl (C=O) groups excluding carboxylic acids is 2. The van der Waals surface area contributed by atoms with Crippen molar-refractivity contribution in [2.75, 3.05) is 33.2 Å². The molecule has 0 saturated carbocycles. The maximum Gasteiger partial charge on any atom is 0.223 e. The molecule has 0 unspecified atom stereocenters. The number of fused-ring (bicyclic) bond motifs is 3. The minimum atomic E-state index is 0.0192. The zero-order valence-corrected chi connectivity index (χ0v) is 18.6. The molecule has 1 N–H and O–H groups in total. The van der Waals surface area contributed by atoms with Crippen LogP contribution in [0.15, 0.2) is 30.5 Å². The van der Waals surface area contributed by atoms with Gasteiger partial charge >= 0.3 is 0 Å². The largest absolute Gasteiger partial charge is 0.340 e. The summed E-state index contributed by atoms with van der Waals surface area (Å²) in [6, 6.07) is 7.95. The average Bonchev–Trinajstić information content (AvgIpc) is 3.15. The number of H-pyrrole nitrogens is 1. The summed E-state index contributed by atoms with van der Waals surface area (Å²) in [7, 11) is 2.07. The van der Waals surface area contributed by atoms with Crippen LogP contribution in [-0.2, 0) is 11.2 Å². The van der Waals surface area contributed by atoms with E-state index < -0.39 is 0 Å². The molecule has 0 atom stereocenters. The minimum Gasteiger partial charge on any atom is -0.340 e. The van der Waals surface area contributed by atoms with Gasteiger partial charge in [0, 0.05) is 67.1 Å². The molecule has 4 rings (SSSR count). The fourth-order valence-corrected chi connectivity index (χ4v) is 4.28. The molecule has 1 fully saturated rings. The molecule has 6 heteroatoms. The summed E-state index contributed by atoms with van der Waals surface area (Å²) >= 11 is 0. The van der Waals surface area contributed by atoms with Gasteiger partial charge in [-0.25, -0.2) is 4.98 Å². The van der Waals surface area contributed by atoms with Gasteiger partial charge in [-0.05, 0) is 49.7 Å². The molecule has 0 radical (unpaired) electrons. The minimum absolute atomic E-state index is 0.0192. The van der Waals surface area contributed by atoms with E-state index in [1.54, 1.807) is 0 Å². The first-order valence-corrected chi connectivity index (χ1v) is 11.4. The Bertz CT molecular complexity index is 1080. The van der Waals surface area contributed by atoms with E-state index >= 15 is 0 Å². The monoisotopic (exact) mass is 420 g/mol. The SMILES string of the molecule is CCCCCc1cnc2[nH]c3ccc(C(=O)CCC(=O)N4CCN(C)CC4)cc3c2c1. The molecule has 3 aromatic rings. The number of pyridine rings is 1. The van der Waals surface area contributed by atoms with Gasteiger partial charge in [-0.3, -0.25) is 9.59 Å². The number of rotatable bonds is 8.